The van der Waals surface area contributed by atoms with Crippen molar-refractivity contribution < 1.29 is 4.74 Å². The molecule has 0 bridgehead atoms. The van der Waals surface area contributed by atoms with Crippen molar-refractivity contribution in [2.45, 2.75) is 45.1 Å². The maximum absolute atomic E-state index is 5.61. The van der Waals surface area contributed by atoms with E-state index < -0.39 is 0 Å². The molecule has 0 aromatic heterocycles. The SMILES string of the molecule is CCNC(=NCC1CCCO1)NCCN1CCCCC1.I. The van der Waals surface area contributed by atoms with E-state index in [0.717, 1.165) is 45.2 Å². The van der Waals surface area contributed by atoms with E-state index in [1.807, 2.05) is 0 Å². The Labute approximate surface area is 146 Å². The maximum atomic E-state index is 5.61. The number of ether oxygens (including phenoxy) is 1. The van der Waals surface area contributed by atoms with Crippen molar-refractivity contribution in [1.82, 2.24) is 15.5 Å². The van der Waals surface area contributed by atoms with Gasteiger partial charge in [0.15, 0.2) is 5.96 Å². The Morgan fingerprint density at radius 1 is 1.19 bits per heavy atom. The highest BCUT2D eigenvalue weighted by atomic mass is 127. The number of hydrogen-bond acceptors (Lipinski definition) is 3. The largest absolute Gasteiger partial charge is 0.376 e. The molecule has 5 nitrogen and oxygen atoms in total. The molecule has 2 fully saturated rings. The molecule has 0 amide bonds. The molecule has 2 rings (SSSR count). The molecule has 2 aliphatic heterocycles. The van der Waals surface area contributed by atoms with Crippen LogP contribution in [0.4, 0.5) is 0 Å². The van der Waals surface area contributed by atoms with E-state index in [1.54, 1.807) is 0 Å². The summed E-state index contributed by atoms with van der Waals surface area (Å²) < 4.78 is 5.61. The quantitative estimate of drug-likeness (QED) is 0.399. The Hall–Kier alpha value is -0.0800. The second-order valence-electron chi connectivity index (χ2n) is 5.68. The molecule has 2 saturated heterocycles. The number of aliphatic imine (C=N–C) groups is 1. The Morgan fingerprint density at radius 2 is 2.00 bits per heavy atom. The van der Waals surface area contributed by atoms with Crippen LogP contribution in [0.5, 0.6) is 0 Å². The minimum absolute atomic E-state index is 0. The molecule has 0 aromatic rings. The van der Waals surface area contributed by atoms with Crippen molar-refractivity contribution in [3.8, 4) is 0 Å². The number of nitrogens with zero attached hydrogens (tertiary/aromatic N) is 2. The van der Waals surface area contributed by atoms with Gasteiger partial charge in [-0.25, -0.2) is 0 Å². The molecule has 6 heteroatoms. The standard InChI is InChI=1S/C15H30N4O.HI/c1-2-16-15(18-13-14-7-6-12-20-14)17-8-11-19-9-4-3-5-10-19;/h14H,2-13H2,1H3,(H2,16,17,18);1H. The fourth-order valence-corrected chi connectivity index (χ4v) is 2.84. The average Bonchev–Trinajstić information content (AvgIpc) is 2.99. The van der Waals surface area contributed by atoms with Gasteiger partial charge >= 0.3 is 0 Å². The molecule has 21 heavy (non-hydrogen) atoms. The van der Waals surface area contributed by atoms with Crippen LogP contribution in [0, 0.1) is 0 Å². The van der Waals surface area contributed by atoms with Gasteiger partial charge in [-0.2, -0.15) is 0 Å². The first-order valence-corrected chi connectivity index (χ1v) is 8.24. The summed E-state index contributed by atoms with van der Waals surface area (Å²) in [6, 6.07) is 0. The van der Waals surface area contributed by atoms with E-state index in [-0.39, 0.29) is 24.0 Å². The van der Waals surface area contributed by atoms with Crippen molar-refractivity contribution in [2.75, 3.05) is 45.9 Å². The average molecular weight is 410 g/mol. The van der Waals surface area contributed by atoms with Crippen molar-refractivity contribution >= 4 is 29.9 Å². The molecule has 1 atom stereocenters. The first kappa shape index (κ1) is 19.0. The number of nitrogens with one attached hydrogen (secondary N) is 2. The summed E-state index contributed by atoms with van der Waals surface area (Å²) in [6.45, 7) is 9.28. The van der Waals surface area contributed by atoms with Gasteiger partial charge in [-0.15, -0.1) is 24.0 Å². The fraction of sp³-hybridized carbons (Fsp3) is 0.933. The molecule has 0 radical (unpaired) electrons. The fourth-order valence-electron chi connectivity index (χ4n) is 2.84. The third kappa shape index (κ3) is 7.65. The maximum Gasteiger partial charge on any atom is 0.191 e. The summed E-state index contributed by atoms with van der Waals surface area (Å²) in [5.41, 5.74) is 0. The molecule has 0 aliphatic carbocycles. The van der Waals surface area contributed by atoms with Gasteiger partial charge in [0.25, 0.3) is 0 Å². The van der Waals surface area contributed by atoms with Crippen LogP contribution in [0.2, 0.25) is 0 Å². The Kier molecular flexibility index (Phi) is 10.4. The molecular weight excluding hydrogens is 379 g/mol. The van der Waals surface area contributed by atoms with Crippen LogP contribution in [0.25, 0.3) is 0 Å². The normalized spacial score (nSPS) is 23.7. The highest BCUT2D eigenvalue weighted by Crippen LogP contribution is 2.11. The summed E-state index contributed by atoms with van der Waals surface area (Å²) in [4.78, 5) is 7.17. The summed E-state index contributed by atoms with van der Waals surface area (Å²) in [5, 5.41) is 6.74. The van der Waals surface area contributed by atoms with Crippen molar-refractivity contribution in [1.29, 1.82) is 0 Å². The minimum atomic E-state index is 0. The molecule has 2 aliphatic rings. The number of hydrogen-bond donors (Lipinski definition) is 2. The molecule has 0 aromatic carbocycles. The Bertz CT molecular complexity index is 289. The van der Waals surface area contributed by atoms with Gasteiger partial charge in [-0.1, -0.05) is 6.42 Å². The van der Waals surface area contributed by atoms with Crippen LogP contribution in [0.1, 0.15) is 39.0 Å². The summed E-state index contributed by atoms with van der Waals surface area (Å²) in [5.74, 6) is 0.931. The lowest BCUT2D eigenvalue weighted by atomic mass is 10.1. The summed E-state index contributed by atoms with van der Waals surface area (Å²) in [6.07, 6.45) is 6.76. The molecule has 2 heterocycles. The number of piperidine rings is 1. The number of rotatable bonds is 6. The zero-order chi connectivity index (χ0) is 14.0. The van der Waals surface area contributed by atoms with Crippen LogP contribution in [0.15, 0.2) is 4.99 Å². The third-order valence-electron chi connectivity index (χ3n) is 3.99. The topological polar surface area (TPSA) is 48.9 Å². The van der Waals surface area contributed by atoms with E-state index in [0.29, 0.717) is 6.10 Å². The first-order valence-electron chi connectivity index (χ1n) is 8.24. The van der Waals surface area contributed by atoms with Crippen LogP contribution < -0.4 is 10.6 Å². The smallest absolute Gasteiger partial charge is 0.191 e. The van der Waals surface area contributed by atoms with Crippen LogP contribution in [0.3, 0.4) is 0 Å². The van der Waals surface area contributed by atoms with Gasteiger partial charge in [0.2, 0.25) is 0 Å². The Morgan fingerprint density at radius 3 is 2.67 bits per heavy atom. The number of halogens is 1. The lowest BCUT2D eigenvalue weighted by Crippen LogP contribution is -2.43. The van der Waals surface area contributed by atoms with Gasteiger partial charge < -0.3 is 20.3 Å². The van der Waals surface area contributed by atoms with E-state index in [2.05, 4.69) is 27.4 Å². The van der Waals surface area contributed by atoms with Crippen LogP contribution in [-0.2, 0) is 4.74 Å². The zero-order valence-corrected chi connectivity index (χ0v) is 15.6. The predicted octanol–water partition coefficient (Wildman–Crippen LogP) is 1.82. The third-order valence-corrected chi connectivity index (χ3v) is 3.99. The summed E-state index contributed by atoms with van der Waals surface area (Å²) in [7, 11) is 0. The second-order valence-corrected chi connectivity index (χ2v) is 5.68. The summed E-state index contributed by atoms with van der Waals surface area (Å²) >= 11 is 0. The highest BCUT2D eigenvalue weighted by Gasteiger charge is 2.15. The second kappa shape index (κ2) is 11.5. The van der Waals surface area contributed by atoms with Crippen LogP contribution in [-0.4, -0.2) is 62.8 Å². The van der Waals surface area contributed by atoms with Crippen molar-refractivity contribution in [3.63, 3.8) is 0 Å². The minimum Gasteiger partial charge on any atom is -0.376 e. The van der Waals surface area contributed by atoms with Gasteiger partial charge in [-0.05, 0) is 45.7 Å². The zero-order valence-electron chi connectivity index (χ0n) is 13.3. The van der Waals surface area contributed by atoms with Crippen molar-refractivity contribution in [2.24, 2.45) is 4.99 Å². The molecule has 124 valence electrons. The first-order chi connectivity index (χ1) is 9.88. The van der Waals surface area contributed by atoms with E-state index in [9.17, 15) is 0 Å². The van der Waals surface area contributed by atoms with E-state index >= 15 is 0 Å². The predicted molar refractivity (Wildman–Crippen MR) is 98.7 cm³/mol. The van der Waals surface area contributed by atoms with E-state index in [1.165, 1.54) is 38.8 Å². The molecule has 0 spiro atoms. The molecule has 1 unspecified atom stereocenters. The molecule has 0 saturated carbocycles. The van der Waals surface area contributed by atoms with Gasteiger partial charge in [0, 0.05) is 26.2 Å². The monoisotopic (exact) mass is 410 g/mol. The lowest BCUT2D eigenvalue weighted by molar-refractivity contribution is 0.117. The van der Waals surface area contributed by atoms with E-state index in [4.69, 9.17) is 4.74 Å². The Balaban J connectivity index is 0.00000220. The van der Waals surface area contributed by atoms with Gasteiger partial charge in [0.05, 0.1) is 12.6 Å². The van der Waals surface area contributed by atoms with Gasteiger partial charge in [-0.3, -0.25) is 4.99 Å². The van der Waals surface area contributed by atoms with Gasteiger partial charge in [0.1, 0.15) is 0 Å². The van der Waals surface area contributed by atoms with Crippen molar-refractivity contribution in [3.05, 3.63) is 0 Å². The number of likely N-dealkylation sites (tertiary alicyclic amines) is 1. The molecule has 2 N–H and O–H groups in total. The van der Waals surface area contributed by atoms with Crippen LogP contribution >= 0.6 is 24.0 Å². The molecular formula is C15H31IN4O. The lowest BCUT2D eigenvalue weighted by Gasteiger charge is -2.26. The number of guanidine groups is 1. The highest BCUT2D eigenvalue weighted by molar-refractivity contribution is 14.0.